The summed E-state index contributed by atoms with van der Waals surface area (Å²) >= 11 is 3.45. The van der Waals surface area contributed by atoms with Crippen molar-refractivity contribution in [2.24, 2.45) is 0 Å². The Morgan fingerprint density at radius 2 is 2.28 bits per heavy atom. The van der Waals surface area contributed by atoms with Crippen molar-refractivity contribution < 1.29 is 4.79 Å². The second-order valence-electron chi connectivity index (χ2n) is 4.67. The summed E-state index contributed by atoms with van der Waals surface area (Å²) in [6.07, 6.45) is 3.81. The van der Waals surface area contributed by atoms with E-state index in [0.717, 1.165) is 41.7 Å². The van der Waals surface area contributed by atoms with Gasteiger partial charge < -0.3 is 0 Å². The lowest BCUT2D eigenvalue weighted by molar-refractivity contribution is -0.117. The number of halogens is 1. The van der Waals surface area contributed by atoms with Crippen molar-refractivity contribution in [3.05, 3.63) is 39.9 Å². The average Bonchev–Trinajstić information content (AvgIpc) is 2.34. The maximum Gasteiger partial charge on any atom is 0.161 e. The summed E-state index contributed by atoms with van der Waals surface area (Å²) in [6, 6.07) is 8.06. The molecule has 0 aromatic heterocycles. The summed E-state index contributed by atoms with van der Waals surface area (Å²) in [4.78, 5) is 14.3. The Kier molecular flexibility index (Phi) is 4.72. The van der Waals surface area contributed by atoms with Gasteiger partial charge >= 0.3 is 0 Å². The topological polar surface area (TPSA) is 20.3 Å². The minimum Gasteiger partial charge on any atom is -0.299 e. The molecule has 2 rings (SSSR count). The van der Waals surface area contributed by atoms with E-state index in [4.69, 9.17) is 0 Å². The minimum atomic E-state index is 0.294. The number of piperidine rings is 1. The molecule has 0 spiro atoms. The molecule has 1 aromatic carbocycles. The van der Waals surface area contributed by atoms with E-state index in [2.05, 4.69) is 27.8 Å². The first-order valence-corrected chi connectivity index (χ1v) is 7.20. The first kappa shape index (κ1) is 13.5. The van der Waals surface area contributed by atoms with Gasteiger partial charge in [-0.2, -0.15) is 0 Å². The predicted molar refractivity (Wildman–Crippen MR) is 78.5 cm³/mol. The van der Waals surface area contributed by atoms with E-state index in [1.165, 1.54) is 0 Å². The van der Waals surface area contributed by atoms with Crippen molar-refractivity contribution in [3.8, 4) is 0 Å². The van der Waals surface area contributed by atoms with Crippen LogP contribution in [0.15, 0.2) is 34.3 Å². The van der Waals surface area contributed by atoms with Gasteiger partial charge in [0.2, 0.25) is 0 Å². The highest BCUT2D eigenvalue weighted by Crippen LogP contribution is 2.18. The molecule has 0 amide bonds. The quantitative estimate of drug-likeness (QED) is 0.796. The molecule has 0 unspecified atom stereocenters. The van der Waals surface area contributed by atoms with Crippen LogP contribution in [0.25, 0.3) is 6.08 Å². The zero-order valence-electron chi connectivity index (χ0n) is 10.7. The molecule has 0 radical (unpaired) electrons. The van der Waals surface area contributed by atoms with Crippen molar-refractivity contribution in [1.29, 1.82) is 0 Å². The number of hydrogen-bond donors (Lipinski definition) is 0. The minimum absolute atomic E-state index is 0.294. The highest BCUT2D eigenvalue weighted by molar-refractivity contribution is 9.10. The normalized spacial score (nSPS) is 19.4. The van der Waals surface area contributed by atoms with Gasteiger partial charge in [0.1, 0.15) is 0 Å². The lowest BCUT2D eigenvalue weighted by atomic mass is 10.0. The molecular formula is C15H18BrNO. The third-order valence-electron chi connectivity index (χ3n) is 3.14. The molecule has 3 heteroatoms. The van der Waals surface area contributed by atoms with Crippen LogP contribution < -0.4 is 0 Å². The van der Waals surface area contributed by atoms with Gasteiger partial charge in [-0.3, -0.25) is 9.69 Å². The summed E-state index contributed by atoms with van der Waals surface area (Å²) in [6.45, 7) is 4.94. The van der Waals surface area contributed by atoms with Crippen LogP contribution >= 0.6 is 15.9 Å². The second kappa shape index (κ2) is 6.30. The highest BCUT2D eigenvalue weighted by Gasteiger charge is 2.20. The summed E-state index contributed by atoms with van der Waals surface area (Å²) in [5, 5.41) is 0. The van der Waals surface area contributed by atoms with Crippen LogP contribution in [0.1, 0.15) is 25.3 Å². The number of carbonyl (C=O) groups excluding carboxylic acids is 1. The van der Waals surface area contributed by atoms with E-state index >= 15 is 0 Å². The molecule has 0 N–H and O–H groups in total. The van der Waals surface area contributed by atoms with E-state index in [1.807, 2.05) is 30.3 Å². The van der Waals surface area contributed by atoms with Gasteiger partial charge in [-0.1, -0.05) is 35.0 Å². The first-order chi connectivity index (χ1) is 8.69. The van der Waals surface area contributed by atoms with Crippen molar-refractivity contribution in [3.63, 3.8) is 0 Å². The Labute approximate surface area is 117 Å². The van der Waals surface area contributed by atoms with Crippen molar-refractivity contribution in [1.82, 2.24) is 4.90 Å². The Morgan fingerprint density at radius 3 is 3.00 bits per heavy atom. The Morgan fingerprint density at radius 1 is 1.44 bits per heavy atom. The number of benzene rings is 1. The fraction of sp³-hybridized carbons (Fsp3) is 0.400. The van der Waals surface area contributed by atoms with Gasteiger partial charge in [0, 0.05) is 29.6 Å². The summed E-state index contributed by atoms with van der Waals surface area (Å²) < 4.78 is 1.05. The van der Waals surface area contributed by atoms with E-state index < -0.39 is 0 Å². The fourth-order valence-corrected chi connectivity index (χ4v) is 2.68. The zero-order chi connectivity index (χ0) is 13.0. The summed E-state index contributed by atoms with van der Waals surface area (Å²) in [5.74, 6) is 0.294. The number of rotatable bonds is 3. The van der Waals surface area contributed by atoms with Gasteiger partial charge in [0.05, 0.1) is 0 Å². The molecule has 2 nitrogen and oxygen atoms in total. The van der Waals surface area contributed by atoms with Crippen molar-refractivity contribution >= 4 is 27.8 Å². The second-order valence-corrected chi connectivity index (χ2v) is 5.59. The molecule has 0 aliphatic carbocycles. The SMILES string of the molecule is CCCN1CCC(=O)/C(=C/c2cccc(Br)c2)C1. The molecule has 1 aromatic rings. The fourth-order valence-electron chi connectivity index (χ4n) is 2.26. The molecule has 1 fully saturated rings. The van der Waals surface area contributed by atoms with Gasteiger partial charge in [-0.25, -0.2) is 0 Å². The molecule has 1 aliphatic heterocycles. The largest absolute Gasteiger partial charge is 0.299 e. The number of hydrogen-bond acceptors (Lipinski definition) is 2. The summed E-state index contributed by atoms with van der Waals surface area (Å²) in [5.41, 5.74) is 2.03. The third kappa shape index (κ3) is 3.53. The molecule has 96 valence electrons. The van der Waals surface area contributed by atoms with Gasteiger partial charge in [0.25, 0.3) is 0 Å². The third-order valence-corrected chi connectivity index (χ3v) is 3.63. The molecule has 1 heterocycles. The maximum atomic E-state index is 11.9. The van der Waals surface area contributed by atoms with Gasteiger partial charge in [-0.15, -0.1) is 0 Å². The number of nitrogens with zero attached hydrogens (tertiary/aromatic N) is 1. The van der Waals surface area contributed by atoms with E-state index in [1.54, 1.807) is 0 Å². The Bertz CT molecular complexity index is 467. The van der Waals surface area contributed by atoms with Gasteiger partial charge in [-0.05, 0) is 36.7 Å². The van der Waals surface area contributed by atoms with Crippen LogP contribution in [0.3, 0.4) is 0 Å². The molecule has 0 saturated carbocycles. The maximum absolute atomic E-state index is 11.9. The monoisotopic (exact) mass is 307 g/mol. The Hall–Kier alpha value is -0.930. The molecular weight excluding hydrogens is 290 g/mol. The standard InChI is InChI=1S/C15H18BrNO/c1-2-7-17-8-6-15(18)13(11-17)9-12-4-3-5-14(16)10-12/h3-5,9-10H,2,6-8,11H2,1H3/b13-9+. The highest BCUT2D eigenvalue weighted by atomic mass is 79.9. The first-order valence-electron chi connectivity index (χ1n) is 6.40. The van der Waals surface area contributed by atoms with Crippen LogP contribution in [0.5, 0.6) is 0 Å². The number of likely N-dealkylation sites (tertiary alicyclic amines) is 1. The molecule has 1 saturated heterocycles. The number of ketones is 1. The van der Waals surface area contributed by atoms with Gasteiger partial charge in [0.15, 0.2) is 5.78 Å². The molecule has 0 atom stereocenters. The van der Waals surface area contributed by atoms with Crippen LogP contribution in [0.2, 0.25) is 0 Å². The molecule has 18 heavy (non-hydrogen) atoms. The predicted octanol–water partition coefficient (Wildman–Crippen LogP) is 3.52. The smallest absolute Gasteiger partial charge is 0.161 e. The lowest BCUT2D eigenvalue weighted by Crippen LogP contribution is -2.36. The average molecular weight is 308 g/mol. The number of Topliss-reactive ketones (excluding diaryl/α,β-unsaturated/α-hetero) is 1. The van der Waals surface area contributed by atoms with Crippen LogP contribution in [0.4, 0.5) is 0 Å². The molecule has 1 aliphatic rings. The number of carbonyl (C=O) groups is 1. The van der Waals surface area contributed by atoms with E-state index in [-0.39, 0.29) is 0 Å². The van der Waals surface area contributed by atoms with Crippen LogP contribution in [-0.2, 0) is 4.79 Å². The lowest BCUT2D eigenvalue weighted by Gasteiger charge is -2.27. The van der Waals surface area contributed by atoms with Crippen molar-refractivity contribution in [2.45, 2.75) is 19.8 Å². The van der Waals surface area contributed by atoms with Crippen LogP contribution in [0, 0.1) is 0 Å². The summed E-state index contributed by atoms with van der Waals surface area (Å²) in [7, 11) is 0. The van der Waals surface area contributed by atoms with Crippen LogP contribution in [-0.4, -0.2) is 30.3 Å². The van der Waals surface area contributed by atoms with E-state index in [9.17, 15) is 4.79 Å². The van der Waals surface area contributed by atoms with E-state index in [0.29, 0.717) is 12.2 Å². The van der Waals surface area contributed by atoms with Crippen molar-refractivity contribution in [2.75, 3.05) is 19.6 Å². The Balaban J connectivity index is 2.16. The molecule has 0 bridgehead atoms. The zero-order valence-corrected chi connectivity index (χ0v) is 12.2.